The largest absolute Gasteiger partial charge is 0.392 e. The lowest BCUT2D eigenvalue weighted by Crippen LogP contribution is -2.53. The number of amides is 2. The van der Waals surface area contributed by atoms with Crippen LogP contribution in [-0.4, -0.2) is 34.1 Å². The molecule has 2 amide bonds. The number of hydrogen-bond donors (Lipinski definition) is 3. The molecule has 3 N–H and O–H groups in total. The predicted octanol–water partition coefficient (Wildman–Crippen LogP) is 3.46. The minimum Gasteiger partial charge on any atom is -0.392 e. The molecular weight excluding hydrogens is 398 g/mol. The van der Waals surface area contributed by atoms with Gasteiger partial charge in [-0.3, -0.25) is 9.59 Å². The molecule has 3 fully saturated rings. The second kappa shape index (κ2) is 7.30. The topological polar surface area (TPSA) is 91.3 Å². The van der Waals surface area contributed by atoms with E-state index in [-0.39, 0.29) is 46.8 Å². The quantitative estimate of drug-likeness (QED) is 0.666. The van der Waals surface area contributed by atoms with Crippen LogP contribution in [0.3, 0.4) is 0 Å². The van der Waals surface area contributed by atoms with Crippen molar-refractivity contribution >= 4 is 28.3 Å². The lowest BCUT2D eigenvalue weighted by atomic mass is 9.53. The predicted molar refractivity (Wildman–Crippen MR) is 116 cm³/mol. The smallest absolute Gasteiger partial charge is 0.229 e. The summed E-state index contributed by atoms with van der Waals surface area (Å²) in [5.41, 5.74) is 1.03. The molecule has 164 valence electrons. The lowest BCUT2D eigenvalue weighted by molar-refractivity contribution is -0.134. The van der Waals surface area contributed by atoms with Gasteiger partial charge in [0, 0.05) is 28.7 Å². The number of fused-ring (bicyclic) bond motifs is 2. The minimum atomic E-state index is -0.516. The van der Waals surface area contributed by atoms with Crippen molar-refractivity contribution < 1.29 is 14.7 Å². The number of carbonyl (C=O) groups is 2. The highest BCUT2D eigenvalue weighted by atomic mass is 32.1. The molecule has 30 heavy (non-hydrogen) atoms. The number of rotatable bonds is 5. The molecule has 1 aromatic heterocycles. The molecule has 0 spiro atoms. The van der Waals surface area contributed by atoms with Gasteiger partial charge in [0.15, 0.2) is 5.13 Å². The van der Waals surface area contributed by atoms with Crippen LogP contribution in [0.5, 0.6) is 0 Å². The van der Waals surface area contributed by atoms with Crippen LogP contribution in [0.1, 0.15) is 75.8 Å². The average molecular weight is 432 g/mol. The number of hydrogen-bond acceptors (Lipinski definition) is 5. The number of anilines is 1. The maximum absolute atomic E-state index is 12.7. The van der Waals surface area contributed by atoms with Crippen molar-refractivity contribution in [3.05, 3.63) is 10.6 Å². The number of aromatic nitrogens is 1. The summed E-state index contributed by atoms with van der Waals surface area (Å²) in [5.74, 6) is 0.337. The molecule has 4 aliphatic carbocycles. The van der Waals surface area contributed by atoms with Crippen LogP contribution in [0.15, 0.2) is 0 Å². The summed E-state index contributed by atoms with van der Waals surface area (Å²) in [5, 5.41) is 18.3. The van der Waals surface area contributed by atoms with E-state index >= 15 is 0 Å². The SMILES string of the molecule is CC(C(=O)NC1CC1)C1CC[C@]2(C)Cc3sc(NC(=O)C4CC4)nc3C(C)C2C1O. The first-order valence-electron chi connectivity index (χ1n) is 11.6. The number of carbonyl (C=O) groups excluding carboxylic acids is 2. The molecule has 6 atom stereocenters. The zero-order valence-electron chi connectivity index (χ0n) is 18.1. The first-order chi connectivity index (χ1) is 14.3. The Balaban J connectivity index is 1.35. The maximum Gasteiger partial charge on any atom is 0.229 e. The van der Waals surface area contributed by atoms with Crippen molar-refractivity contribution in [2.45, 2.75) is 83.8 Å². The zero-order valence-corrected chi connectivity index (χ0v) is 18.9. The normalized spacial score (nSPS) is 36.4. The van der Waals surface area contributed by atoms with E-state index in [1.807, 2.05) is 6.92 Å². The Kier molecular flexibility index (Phi) is 4.97. The molecule has 7 heteroatoms. The van der Waals surface area contributed by atoms with Gasteiger partial charge in [0.05, 0.1) is 11.8 Å². The van der Waals surface area contributed by atoms with Crippen molar-refractivity contribution in [2.24, 2.45) is 29.1 Å². The monoisotopic (exact) mass is 431 g/mol. The summed E-state index contributed by atoms with van der Waals surface area (Å²) in [6.45, 7) is 6.42. The summed E-state index contributed by atoms with van der Waals surface area (Å²) >= 11 is 1.61. The van der Waals surface area contributed by atoms with Gasteiger partial charge in [0.25, 0.3) is 0 Å². The Bertz CT molecular complexity index is 862. The van der Waals surface area contributed by atoms with Crippen molar-refractivity contribution in [3.63, 3.8) is 0 Å². The minimum absolute atomic E-state index is 0.000668. The summed E-state index contributed by atoms with van der Waals surface area (Å²) in [7, 11) is 0. The molecular formula is C23H33N3O3S. The van der Waals surface area contributed by atoms with Gasteiger partial charge in [0.1, 0.15) is 0 Å². The van der Waals surface area contributed by atoms with Gasteiger partial charge < -0.3 is 15.7 Å². The molecule has 0 aromatic carbocycles. The van der Waals surface area contributed by atoms with E-state index in [0.717, 1.165) is 50.6 Å². The van der Waals surface area contributed by atoms with Gasteiger partial charge in [0.2, 0.25) is 11.8 Å². The molecule has 1 heterocycles. The first-order valence-corrected chi connectivity index (χ1v) is 12.4. The zero-order chi connectivity index (χ0) is 21.2. The van der Waals surface area contributed by atoms with E-state index < -0.39 is 6.10 Å². The fourth-order valence-electron chi connectivity index (χ4n) is 5.91. The van der Waals surface area contributed by atoms with Crippen LogP contribution >= 0.6 is 11.3 Å². The molecule has 0 aliphatic heterocycles. The summed E-state index contributed by atoms with van der Waals surface area (Å²) in [6.07, 6.45) is 6.37. The van der Waals surface area contributed by atoms with Gasteiger partial charge in [-0.2, -0.15) is 0 Å². The molecule has 0 radical (unpaired) electrons. The van der Waals surface area contributed by atoms with Crippen molar-refractivity contribution in [1.29, 1.82) is 0 Å². The summed E-state index contributed by atoms with van der Waals surface area (Å²) in [6, 6.07) is 0.349. The number of aliphatic hydroxyl groups is 1. The maximum atomic E-state index is 12.7. The average Bonchev–Trinajstić information content (AvgIpc) is 3.60. The summed E-state index contributed by atoms with van der Waals surface area (Å²) in [4.78, 5) is 30.9. The van der Waals surface area contributed by atoms with Crippen molar-refractivity contribution in [1.82, 2.24) is 10.3 Å². The number of thiazole rings is 1. The van der Waals surface area contributed by atoms with Crippen LogP contribution < -0.4 is 10.6 Å². The molecule has 0 bridgehead atoms. The Hall–Kier alpha value is -1.47. The van der Waals surface area contributed by atoms with Crippen LogP contribution in [-0.2, 0) is 16.0 Å². The molecule has 0 saturated heterocycles. The van der Waals surface area contributed by atoms with Crippen molar-refractivity contribution in [3.8, 4) is 0 Å². The third-order valence-electron chi connectivity index (χ3n) is 8.08. The van der Waals surface area contributed by atoms with Gasteiger partial charge in [-0.25, -0.2) is 4.98 Å². The summed E-state index contributed by atoms with van der Waals surface area (Å²) < 4.78 is 0. The first kappa shape index (κ1) is 20.4. The van der Waals surface area contributed by atoms with Crippen LogP contribution in [0, 0.1) is 29.1 Å². The molecule has 6 nitrogen and oxygen atoms in total. The highest BCUT2D eigenvalue weighted by Gasteiger charge is 2.54. The van der Waals surface area contributed by atoms with Gasteiger partial charge in [-0.15, -0.1) is 11.3 Å². The lowest BCUT2D eigenvalue weighted by Gasteiger charge is -2.53. The van der Waals surface area contributed by atoms with Crippen LogP contribution in [0.25, 0.3) is 0 Å². The fraction of sp³-hybridized carbons (Fsp3) is 0.783. The third-order valence-corrected chi connectivity index (χ3v) is 9.07. The van der Waals surface area contributed by atoms with Crippen LogP contribution in [0.2, 0.25) is 0 Å². The highest BCUT2D eigenvalue weighted by molar-refractivity contribution is 7.15. The van der Waals surface area contributed by atoms with Crippen LogP contribution in [0.4, 0.5) is 5.13 Å². The van der Waals surface area contributed by atoms with E-state index in [0.29, 0.717) is 11.2 Å². The van der Waals surface area contributed by atoms with Crippen molar-refractivity contribution in [2.75, 3.05) is 5.32 Å². The molecule has 3 saturated carbocycles. The van der Waals surface area contributed by atoms with E-state index in [4.69, 9.17) is 4.98 Å². The second-order valence-corrected chi connectivity index (χ2v) is 11.6. The standard InChI is InChI=1S/C23H33N3O3S/c1-11(20(28)24-14-6-7-14)15-8-9-23(3)10-16-18(12(2)17(23)19(15)27)25-22(30-16)26-21(29)13-4-5-13/h11-15,17,19,27H,4-10H2,1-3H3,(H,24,28)(H,25,26,29)/t11?,12?,15?,17?,19?,23-/m1/s1. The van der Waals surface area contributed by atoms with E-state index in [9.17, 15) is 14.7 Å². The van der Waals surface area contributed by atoms with Gasteiger partial charge >= 0.3 is 0 Å². The third kappa shape index (κ3) is 3.58. The molecule has 4 aliphatic rings. The second-order valence-electron chi connectivity index (χ2n) is 10.5. The Morgan fingerprint density at radius 1 is 1.23 bits per heavy atom. The van der Waals surface area contributed by atoms with Gasteiger partial charge in [-0.1, -0.05) is 20.8 Å². The van der Waals surface area contributed by atoms with E-state index in [2.05, 4.69) is 24.5 Å². The molecule has 1 aromatic rings. The fourth-order valence-corrected chi connectivity index (χ4v) is 7.17. The Labute approximate surface area is 182 Å². The van der Waals surface area contributed by atoms with E-state index in [1.54, 1.807) is 11.3 Å². The molecule has 5 unspecified atom stereocenters. The number of nitrogens with one attached hydrogen (secondary N) is 2. The highest BCUT2D eigenvalue weighted by Crippen LogP contribution is 2.57. The van der Waals surface area contributed by atoms with Gasteiger partial charge in [-0.05, 0) is 62.2 Å². The Morgan fingerprint density at radius 3 is 2.63 bits per heavy atom. The molecule has 5 rings (SSSR count). The Morgan fingerprint density at radius 2 is 1.97 bits per heavy atom. The number of aliphatic hydroxyl groups excluding tert-OH is 1. The number of nitrogens with zero attached hydrogens (tertiary/aromatic N) is 1. The van der Waals surface area contributed by atoms with E-state index in [1.165, 1.54) is 4.88 Å².